The van der Waals surface area contributed by atoms with Gasteiger partial charge in [0.2, 0.25) is 0 Å². The fraction of sp³-hybridized carbons (Fsp3) is 0.467. The number of hydrogen-bond acceptors (Lipinski definition) is 5. The zero-order chi connectivity index (χ0) is 17.0. The molecule has 23 heavy (non-hydrogen) atoms. The van der Waals surface area contributed by atoms with Gasteiger partial charge in [-0.3, -0.25) is 9.59 Å². The summed E-state index contributed by atoms with van der Waals surface area (Å²) < 4.78 is 16.3. The first-order valence-corrected chi connectivity index (χ1v) is 7.73. The molecule has 126 valence electrons. The van der Waals surface area contributed by atoms with Crippen LogP contribution in [-0.4, -0.2) is 50.0 Å². The predicted octanol–water partition coefficient (Wildman–Crippen LogP) is 1.83. The molecule has 7 nitrogen and oxygen atoms in total. The maximum atomic E-state index is 12.5. The zero-order valence-electron chi connectivity index (χ0n) is 12.8. The number of nitrogens with one attached hydrogen (secondary N) is 1. The number of carboxylic acid groups (broad SMARTS) is 1. The van der Waals surface area contributed by atoms with Gasteiger partial charge in [0.25, 0.3) is 5.91 Å². The molecule has 0 aliphatic carbocycles. The molecule has 1 aromatic rings. The van der Waals surface area contributed by atoms with Crippen molar-refractivity contribution >= 4 is 27.8 Å². The fourth-order valence-electron chi connectivity index (χ4n) is 2.49. The number of halogens is 1. The summed E-state index contributed by atoms with van der Waals surface area (Å²) in [5.41, 5.74) is -0.574. The third kappa shape index (κ3) is 3.94. The molecule has 0 aromatic heterocycles. The topological polar surface area (TPSA) is 94.1 Å². The maximum Gasteiger partial charge on any atom is 0.305 e. The SMILES string of the molecule is COc1cc(C(=O)NC2(CC(=O)O)CCOC2)cc(OC)c1Br. The highest BCUT2D eigenvalue weighted by molar-refractivity contribution is 9.10. The van der Waals surface area contributed by atoms with Gasteiger partial charge in [0.1, 0.15) is 16.0 Å². The Morgan fingerprint density at radius 2 is 1.96 bits per heavy atom. The number of benzene rings is 1. The van der Waals surface area contributed by atoms with E-state index in [1.54, 1.807) is 12.1 Å². The minimum absolute atomic E-state index is 0.176. The molecule has 1 amide bonds. The minimum Gasteiger partial charge on any atom is -0.495 e. The average Bonchev–Trinajstić information content (AvgIpc) is 2.94. The van der Waals surface area contributed by atoms with Crippen molar-refractivity contribution in [1.29, 1.82) is 0 Å². The monoisotopic (exact) mass is 387 g/mol. The predicted molar refractivity (Wildman–Crippen MR) is 85.1 cm³/mol. The summed E-state index contributed by atoms with van der Waals surface area (Å²) in [5.74, 6) is -0.489. The smallest absolute Gasteiger partial charge is 0.305 e. The second-order valence-electron chi connectivity index (χ2n) is 5.30. The number of hydrogen-bond donors (Lipinski definition) is 2. The number of ether oxygens (including phenoxy) is 3. The van der Waals surface area contributed by atoms with Crippen LogP contribution in [0.4, 0.5) is 0 Å². The van der Waals surface area contributed by atoms with Crippen LogP contribution in [0.3, 0.4) is 0 Å². The number of amides is 1. The molecule has 2 rings (SSSR count). The average molecular weight is 388 g/mol. The van der Waals surface area contributed by atoms with Gasteiger partial charge in [-0.1, -0.05) is 0 Å². The molecule has 1 unspecified atom stereocenters. The number of aliphatic carboxylic acids is 1. The first-order valence-electron chi connectivity index (χ1n) is 6.94. The highest BCUT2D eigenvalue weighted by Gasteiger charge is 2.39. The summed E-state index contributed by atoms with van der Waals surface area (Å²) in [6.45, 7) is 0.594. The number of rotatable bonds is 6. The Balaban J connectivity index is 2.27. The van der Waals surface area contributed by atoms with Crippen molar-refractivity contribution < 1.29 is 28.9 Å². The molecule has 1 atom stereocenters. The van der Waals surface area contributed by atoms with Gasteiger partial charge in [-0.15, -0.1) is 0 Å². The molecule has 0 bridgehead atoms. The van der Waals surface area contributed by atoms with Crippen molar-refractivity contribution in [3.8, 4) is 11.5 Å². The summed E-state index contributed by atoms with van der Waals surface area (Å²) in [4.78, 5) is 23.6. The Labute approximate surface area is 142 Å². The van der Waals surface area contributed by atoms with Crippen LogP contribution in [0, 0.1) is 0 Å². The van der Waals surface area contributed by atoms with E-state index in [0.29, 0.717) is 34.6 Å². The first-order chi connectivity index (χ1) is 10.9. The van der Waals surface area contributed by atoms with Gasteiger partial charge >= 0.3 is 5.97 Å². The molecular weight excluding hydrogens is 370 g/mol. The highest BCUT2D eigenvalue weighted by Crippen LogP contribution is 2.36. The van der Waals surface area contributed by atoms with Crippen molar-refractivity contribution in [2.75, 3.05) is 27.4 Å². The van der Waals surface area contributed by atoms with E-state index >= 15 is 0 Å². The second-order valence-corrected chi connectivity index (χ2v) is 6.10. The lowest BCUT2D eigenvalue weighted by molar-refractivity contribution is -0.138. The van der Waals surface area contributed by atoms with Crippen LogP contribution in [0.2, 0.25) is 0 Å². The van der Waals surface area contributed by atoms with Gasteiger partial charge in [0, 0.05) is 12.2 Å². The fourth-order valence-corrected chi connectivity index (χ4v) is 3.05. The van der Waals surface area contributed by atoms with Crippen LogP contribution in [-0.2, 0) is 9.53 Å². The van der Waals surface area contributed by atoms with E-state index in [0.717, 1.165) is 0 Å². The van der Waals surface area contributed by atoms with Crippen LogP contribution in [0.1, 0.15) is 23.2 Å². The number of carbonyl (C=O) groups excluding carboxylic acids is 1. The van der Waals surface area contributed by atoms with E-state index in [2.05, 4.69) is 21.2 Å². The quantitative estimate of drug-likeness (QED) is 0.773. The first kappa shape index (κ1) is 17.6. The van der Waals surface area contributed by atoms with E-state index in [1.165, 1.54) is 14.2 Å². The molecule has 0 saturated carbocycles. The normalized spacial score (nSPS) is 20.1. The summed E-state index contributed by atoms with van der Waals surface area (Å²) in [7, 11) is 2.97. The largest absolute Gasteiger partial charge is 0.495 e. The molecule has 2 N–H and O–H groups in total. The zero-order valence-corrected chi connectivity index (χ0v) is 14.4. The lowest BCUT2D eigenvalue weighted by atomic mass is 9.93. The van der Waals surface area contributed by atoms with Crippen LogP contribution in [0.25, 0.3) is 0 Å². The van der Waals surface area contributed by atoms with Crippen LogP contribution in [0.15, 0.2) is 16.6 Å². The summed E-state index contributed by atoms with van der Waals surface area (Å²) in [5, 5.41) is 11.9. The van der Waals surface area contributed by atoms with Gasteiger partial charge in [0.05, 0.1) is 32.8 Å². The van der Waals surface area contributed by atoms with Crippen LogP contribution < -0.4 is 14.8 Å². The van der Waals surface area contributed by atoms with E-state index in [-0.39, 0.29) is 13.0 Å². The van der Waals surface area contributed by atoms with E-state index in [9.17, 15) is 9.59 Å². The van der Waals surface area contributed by atoms with Gasteiger partial charge in [-0.25, -0.2) is 0 Å². The maximum absolute atomic E-state index is 12.5. The lowest BCUT2D eigenvalue weighted by Crippen LogP contribution is -2.50. The molecule has 0 radical (unpaired) electrons. The Bertz CT molecular complexity index is 587. The summed E-state index contributed by atoms with van der Waals surface area (Å²) in [6, 6.07) is 3.12. The molecule has 1 heterocycles. The summed E-state index contributed by atoms with van der Waals surface area (Å²) >= 11 is 3.34. The standard InChI is InChI=1S/C15H18BrNO6/c1-21-10-5-9(6-11(22-2)13(10)16)14(20)17-15(7-12(18)19)3-4-23-8-15/h5-6H,3-4,7-8H2,1-2H3,(H,17,20)(H,18,19). The molecule has 1 fully saturated rings. The molecule has 1 saturated heterocycles. The second kappa shape index (κ2) is 7.18. The number of methoxy groups -OCH3 is 2. The van der Waals surface area contributed by atoms with Gasteiger partial charge in [0.15, 0.2) is 0 Å². The van der Waals surface area contributed by atoms with E-state index in [4.69, 9.17) is 19.3 Å². The lowest BCUT2D eigenvalue weighted by Gasteiger charge is -2.27. The van der Waals surface area contributed by atoms with Crippen LogP contribution >= 0.6 is 15.9 Å². The molecule has 8 heteroatoms. The molecule has 1 aliphatic heterocycles. The van der Waals surface area contributed by atoms with Crippen molar-refractivity contribution in [3.63, 3.8) is 0 Å². The van der Waals surface area contributed by atoms with Crippen LogP contribution in [0.5, 0.6) is 11.5 Å². The Kier molecular flexibility index (Phi) is 5.48. The van der Waals surface area contributed by atoms with Crippen molar-refractivity contribution in [2.24, 2.45) is 0 Å². The third-order valence-electron chi connectivity index (χ3n) is 3.68. The molecule has 0 spiro atoms. The van der Waals surface area contributed by atoms with E-state index < -0.39 is 17.4 Å². The van der Waals surface area contributed by atoms with Crippen molar-refractivity contribution in [3.05, 3.63) is 22.2 Å². The van der Waals surface area contributed by atoms with Crippen molar-refractivity contribution in [1.82, 2.24) is 5.32 Å². The van der Waals surface area contributed by atoms with Gasteiger partial charge in [-0.05, 0) is 34.5 Å². The van der Waals surface area contributed by atoms with Crippen molar-refractivity contribution in [2.45, 2.75) is 18.4 Å². The Hall–Kier alpha value is -1.80. The Morgan fingerprint density at radius 3 is 2.39 bits per heavy atom. The van der Waals surface area contributed by atoms with Gasteiger partial charge in [-0.2, -0.15) is 0 Å². The summed E-state index contributed by atoms with van der Waals surface area (Å²) in [6.07, 6.45) is 0.263. The number of carbonyl (C=O) groups is 2. The highest BCUT2D eigenvalue weighted by atomic mass is 79.9. The Morgan fingerprint density at radius 1 is 1.35 bits per heavy atom. The van der Waals surface area contributed by atoms with E-state index in [1.807, 2.05) is 0 Å². The third-order valence-corrected chi connectivity index (χ3v) is 4.46. The molecule has 1 aromatic carbocycles. The molecular formula is C15H18BrNO6. The minimum atomic E-state index is -0.984. The number of carboxylic acids is 1. The van der Waals surface area contributed by atoms with Gasteiger partial charge < -0.3 is 24.6 Å². The molecule has 1 aliphatic rings.